The summed E-state index contributed by atoms with van der Waals surface area (Å²) in [5, 5.41) is 3.44. The van der Waals surface area contributed by atoms with Crippen molar-refractivity contribution >= 4 is 5.95 Å². The molecule has 2 atom stereocenters. The first kappa shape index (κ1) is 12.8. The third kappa shape index (κ3) is 3.72. The van der Waals surface area contributed by atoms with Gasteiger partial charge in [-0.2, -0.15) is 0 Å². The standard InChI is InChI=1S/C13H23N3/c1-5-8-16-9-7-14-13(16)15-12(4)10-11(3)6-2/h5,7,9,11-12H,1,6,8,10H2,2-4H3,(H,14,15). The van der Waals surface area contributed by atoms with Crippen molar-refractivity contribution in [1.29, 1.82) is 0 Å². The zero-order valence-electron chi connectivity index (χ0n) is 10.6. The first-order valence-electron chi connectivity index (χ1n) is 6.05. The molecule has 0 aliphatic heterocycles. The average Bonchev–Trinajstić information content (AvgIpc) is 2.66. The van der Waals surface area contributed by atoms with E-state index < -0.39 is 0 Å². The van der Waals surface area contributed by atoms with Crippen molar-refractivity contribution in [2.24, 2.45) is 5.92 Å². The van der Waals surface area contributed by atoms with Gasteiger partial charge >= 0.3 is 0 Å². The molecule has 3 heteroatoms. The van der Waals surface area contributed by atoms with Crippen LogP contribution in [0.1, 0.15) is 33.6 Å². The third-order valence-electron chi connectivity index (χ3n) is 2.87. The molecule has 0 aromatic carbocycles. The van der Waals surface area contributed by atoms with Crippen LogP contribution < -0.4 is 5.32 Å². The van der Waals surface area contributed by atoms with Crippen LogP contribution in [0.5, 0.6) is 0 Å². The van der Waals surface area contributed by atoms with Crippen LogP contribution in [-0.2, 0) is 6.54 Å². The zero-order chi connectivity index (χ0) is 12.0. The van der Waals surface area contributed by atoms with Crippen molar-refractivity contribution in [3.8, 4) is 0 Å². The monoisotopic (exact) mass is 221 g/mol. The van der Waals surface area contributed by atoms with Crippen molar-refractivity contribution < 1.29 is 0 Å². The molecule has 0 saturated carbocycles. The van der Waals surface area contributed by atoms with Gasteiger partial charge in [-0.1, -0.05) is 26.3 Å². The zero-order valence-corrected chi connectivity index (χ0v) is 10.6. The maximum absolute atomic E-state index is 4.31. The fraction of sp³-hybridized carbons (Fsp3) is 0.615. The lowest BCUT2D eigenvalue weighted by Crippen LogP contribution is -2.20. The summed E-state index contributed by atoms with van der Waals surface area (Å²) in [5.74, 6) is 1.70. The molecule has 0 radical (unpaired) electrons. The van der Waals surface area contributed by atoms with E-state index in [0.29, 0.717) is 6.04 Å². The number of anilines is 1. The molecular formula is C13H23N3. The summed E-state index contributed by atoms with van der Waals surface area (Å²) in [7, 11) is 0. The first-order chi connectivity index (χ1) is 7.67. The molecule has 0 amide bonds. The molecule has 90 valence electrons. The number of hydrogen-bond donors (Lipinski definition) is 1. The van der Waals surface area contributed by atoms with Gasteiger partial charge in [-0.05, 0) is 19.3 Å². The normalized spacial score (nSPS) is 14.4. The third-order valence-corrected chi connectivity index (χ3v) is 2.87. The molecule has 0 bridgehead atoms. The van der Waals surface area contributed by atoms with E-state index in [0.717, 1.165) is 18.4 Å². The van der Waals surface area contributed by atoms with Crippen LogP contribution in [0.25, 0.3) is 0 Å². The van der Waals surface area contributed by atoms with E-state index in [9.17, 15) is 0 Å². The number of hydrogen-bond acceptors (Lipinski definition) is 2. The van der Waals surface area contributed by atoms with Crippen molar-refractivity contribution in [2.75, 3.05) is 5.32 Å². The molecule has 0 aliphatic rings. The van der Waals surface area contributed by atoms with Crippen molar-refractivity contribution in [3.63, 3.8) is 0 Å². The molecule has 1 aromatic rings. The summed E-state index contributed by atoms with van der Waals surface area (Å²) in [6, 6.07) is 0.459. The highest BCUT2D eigenvalue weighted by atomic mass is 15.2. The fourth-order valence-electron chi connectivity index (χ4n) is 1.79. The van der Waals surface area contributed by atoms with Gasteiger partial charge in [0.05, 0.1) is 0 Å². The summed E-state index contributed by atoms with van der Waals surface area (Å²) < 4.78 is 2.07. The van der Waals surface area contributed by atoms with Crippen LogP contribution in [0, 0.1) is 5.92 Å². The summed E-state index contributed by atoms with van der Waals surface area (Å²) in [6.45, 7) is 11.3. The second-order valence-corrected chi connectivity index (χ2v) is 4.49. The van der Waals surface area contributed by atoms with Gasteiger partial charge in [-0.3, -0.25) is 0 Å². The molecule has 1 rings (SSSR count). The van der Waals surface area contributed by atoms with Gasteiger partial charge in [0.15, 0.2) is 0 Å². The van der Waals surface area contributed by atoms with E-state index in [1.807, 2.05) is 18.5 Å². The van der Waals surface area contributed by atoms with Crippen LogP contribution >= 0.6 is 0 Å². The Balaban J connectivity index is 2.51. The van der Waals surface area contributed by atoms with Crippen molar-refractivity contribution in [1.82, 2.24) is 9.55 Å². The van der Waals surface area contributed by atoms with Crippen LogP contribution in [0.15, 0.2) is 25.0 Å². The van der Waals surface area contributed by atoms with Gasteiger partial charge in [-0.15, -0.1) is 6.58 Å². The molecule has 0 aliphatic carbocycles. The Kier molecular flexibility index (Phi) is 5.09. The average molecular weight is 221 g/mol. The van der Waals surface area contributed by atoms with E-state index in [2.05, 4.69) is 42.2 Å². The van der Waals surface area contributed by atoms with Crippen molar-refractivity contribution in [3.05, 3.63) is 25.0 Å². The number of nitrogens with one attached hydrogen (secondary N) is 1. The van der Waals surface area contributed by atoms with E-state index in [4.69, 9.17) is 0 Å². The van der Waals surface area contributed by atoms with Gasteiger partial charge in [0, 0.05) is 25.0 Å². The molecule has 0 fully saturated rings. The predicted octanol–water partition coefficient (Wildman–Crippen LogP) is 3.31. The second-order valence-electron chi connectivity index (χ2n) is 4.49. The molecule has 16 heavy (non-hydrogen) atoms. The van der Waals surface area contributed by atoms with Crippen LogP contribution in [-0.4, -0.2) is 15.6 Å². The van der Waals surface area contributed by atoms with Gasteiger partial charge < -0.3 is 9.88 Å². The Morgan fingerprint density at radius 3 is 2.94 bits per heavy atom. The molecule has 3 nitrogen and oxygen atoms in total. The molecule has 1 heterocycles. The van der Waals surface area contributed by atoms with E-state index in [1.165, 1.54) is 12.8 Å². The predicted molar refractivity (Wildman–Crippen MR) is 69.6 cm³/mol. The SMILES string of the molecule is C=CCn1ccnc1NC(C)CC(C)CC. The van der Waals surface area contributed by atoms with Crippen LogP contribution in [0.3, 0.4) is 0 Å². The quantitative estimate of drug-likeness (QED) is 0.716. The van der Waals surface area contributed by atoms with Gasteiger partial charge in [-0.25, -0.2) is 4.98 Å². The fourth-order valence-corrected chi connectivity index (χ4v) is 1.79. The maximum Gasteiger partial charge on any atom is 0.203 e. The maximum atomic E-state index is 4.31. The molecule has 0 saturated heterocycles. The smallest absolute Gasteiger partial charge is 0.203 e. The Bertz CT molecular complexity index is 317. The lowest BCUT2D eigenvalue weighted by molar-refractivity contribution is 0.481. The molecule has 2 unspecified atom stereocenters. The van der Waals surface area contributed by atoms with E-state index in [1.54, 1.807) is 0 Å². The largest absolute Gasteiger partial charge is 0.353 e. The lowest BCUT2D eigenvalue weighted by Gasteiger charge is -2.18. The van der Waals surface area contributed by atoms with Gasteiger partial charge in [0.25, 0.3) is 0 Å². The minimum absolute atomic E-state index is 0.459. The Labute approximate surface area is 98.6 Å². The van der Waals surface area contributed by atoms with Crippen molar-refractivity contribution in [2.45, 2.75) is 46.2 Å². The number of imidazole rings is 1. The molecule has 0 spiro atoms. The number of rotatable bonds is 7. The number of allylic oxidation sites excluding steroid dienone is 1. The topological polar surface area (TPSA) is 29.9 Å². The second kappa shape index (κ2) is 6.36. The van der Waals surface area contributed by atoms with Gasteiger partial charge in [0.1, 0.15) is 0 Å². The molecule has 1 aromatic heterocycles. The molecule has 1 N–H and O–H groups in total. The highest BCUT2D eigenvalue weighted by molar-refractivity contribution is 5.27. The van der Waals surface area contributed by atoms with Crippen LogP contribution in [0.2, 0.25) is 0 Å². The highest BCUT2D eigenvalue weighted by Crippen LogP contribution is 2.13. The Morgan fingerprint density at radius 1 is 1.56 bits per heavy atom. The minimum atomic E-state index is 0.459. The summed E-state index contributed by atoms with van der Waals surface area (Å²) >= 11 is 0. The Hall–Kier alpha value is -1.25. The summed E-state index contributed by atoms with van der Waals surface area (Å²) in [5.41, 5.74) is 0. The minimum Gasteiger partial charge on any atom is -0.353 e. The number of nitrogens with zero attached hydrogens (tertiary/aromatic N) is 2. The molecular weight excluding hydrogens is 198 g/mol. The lowest BCUT2D eigenvalue weighted by atomic mass is 10.0. The number of aromatic nitrogens is 2. The first-order valence-corrected chi connectivity index (χ1v) is 6.05. The Morgan fingerprint density at radius 2 is 2.31 bits per heavy atom. The van der Waals surface area contributed by atoms with E-state index in [-0.39, 0.29) is 0 Å². The van der Waals surface area contributed by atoms with Gasteiger partial charge in [0.2, 0.25) is 5.95 Å². The highest BCUT2D eigenvalue weighted by Gasteiger charge is 2.09. The van der Waals surface area contributed by atoms with Crippen LogP contribution in [0.4, 0.5) is 5.95 Å². The summed E-state index contributed by atoms with van der Waals surface area (Å²) in [6.07, 6.45) is 8.08. The van der Waals surface area contributed by atoms with E-state index >= 15 is 0 Å². The summed E-state index contributed by atoms with van der Waals surface area (Å²) in [4.78, 5) is 4.31.